The Morgan fingerprint density at radius 1 is 1.12 bits per heavy atom. The van der Waals surface area contributed by atoms with Crippen LogP contribution in [-0.2, 0) is 9.59 Å². The normalized spacial score (nSPS) is 31.9. The van der Waals surface area contributed by atoms with Crippen molar-refractivity contribution in [2.75, 3.05) is 0 Å². The first kappa shape index (κ1) is 16.0. The van der Waals surface area contributed by atoms with E-state index >= 15 is 0 Å². The van der Waals surface area contributed by atoms with Gasteiger partial charge in [-0.25, -0.2) is 4.79 Å². The van der Waals surface area contributed by atoms with Crippen molar-refractivity contribution in [2.24, 2.45) is 22.7 Å². The molecule has 1 heterocycles. The van der Waals surface area contributed by atoms with Crippen molar-refractivity contribution in [3.05, 3.63) is 29.8 Å². The van der Waals surface area contributed by atoms with E-state index in [9.17, 15) is 14.4 Å². The zero-order valence-electron chi connectivity index (χ0n) is 14.1. The second kappa shape index (κ2) is 6.10. The smallest absolute Gasteiger partial charge is 0.277 e. The van der Waals surface area contributed by atoms with Crippen molar-refractivity contribution >= 4 is 29.7 Å². The lowest BCUT2D eigenvalue weighted by Crippen LogP contribution is -2.62. The molecule has 3 fully saturated rings. The molecular weight excluding hydrogens is 318 g/mol. The maximum absolute atomic E-state index is 12.8. The first-order chi connectivity index (χ1) is 12.0. The van der Waals surface area contributed by atoms with Gasteiger partial charge in [0.05, 0.1) is 5.69 Å². The maximum atomic E-state index is 12.8. The molecule has 0 radical (unpaired) electrons. The van der Waals surface area contributed by atoms with Gasteiger partial charge in [0.15, 0.2) is 5.92 Å². The zero-order chi connectivity index (χ0) is 17.6. The Bertz CT molecular complexity index is 756. The molecule has 2 aliphatic carbocycles. The first-order valence-corrected chi connectivity index (χ1v) is 8.81. The topological polar surface area (TPSA) is 78.8 Å². The largest absolute Gasteiger partial charge is 0.331 e. The van der Waals surface area contributed by atoms with Crippen LogP contribution in [0.2, 0.25) is 0 Å². The van der Waals surface area contributed by atoms with E-state index in [1.54, 1.807) is 0 Å². The van der Waals surface area contributed by atoms with Crippen molar-refractivity contribution < 1.29 is 14.4 Å². The third-order valence-electron chi connectivity index (χ3n) is 5.67. The summed E-state index contributed by atoms with van der Waals surface area (Å²) in [5, 5.41) is 2.33. The zero-order valence-corrected chi connectivity index (χ0v) is 14.1. The molecule has 25 heavy (non-hydrogen) atoms. The minimum atomic E-state index is -1.04. The fraction of sp³-hybridized carbons (Fsp3) is 0.474. The summed E-state index contributed by atoms with van der Waals surface area (Å²) in [6.45, 7) is 1.98. The molecular formula is C19H21N3O3. The van der Waals surface area contributed by atoms with Crippen LogP contribution in [0.15, 0.2) is 29.3 Å². The van der Waals surface area contributed by atoms with Crippen LogP contribution in [0.25, 0.3) is 0 Å². The van der Waals surface area contributed by atoms with Gasteiger partial charge < -0.3 is 0 Å². The van der Waals surface area contributed by atoms with Crippen LogP contribution in [0.3, 0.4) is 0 Å². The van der Waals surface area contributed by atoms with Crippen LogP contribution in [0, 0.1) is 24.7 Å². The summed E-state index contributed by atoms with van der Waals surface area (Å²) in [6.07, 6.45) is 5.54. The van der Waals surface area contributed by atoms with E-state index in [1.165, 1.54) is 17.5 Å². The Labute approximate surface area is 146 Å². The number of urea groups is 1. The summed E-state index contributed by atoms with van der Waals surface area (Å²) in [5.41, 5.74) is 1.79. The van der Waals surface area contributed by atoms with Crippen molar-refractivity contribution in [3.63, 3.8) is 0 Å². The molecule has 130 valence electrons. The molecule has 6 heteroatoms. The maximum Gasteiger partial charge on any atom is 0.331 e. The Balaban J connectivity index is 1.55. The molecule has 6 nitrogen and oxygen atoms in total. The Kier molecular flexibility index (Phi) is 3.90. The number of barbiturate groups is 1. The number of nitrogens with one attached hydrogen (secondary N) is 1. The average molecular weight is 339 g/mol. The summed E-state index contributed by atoms with van der Waals surface area (Å²) >= 11 is 0. The second-order valence-electron chi connectivity index (χ2n) is 7.34. The van der Waals surface area contributed by atoms with E-state index in [1.807, 2.05) is 31.2 Å². The minimum absolute atomic E-state index is 0.0744. The number of rotatable bonds is 3. The van der Waals surface area contributed by atoms with Gasteiger partial charge in [-0.05, 0) is 50.2 Å². The number of fused-ring (bicyclic) bond motifs is 2. The highest BCUT2D eigenvalue weighted by Crippen LogP contribution is 2.47. The molecule has 1 saturated heterocycles. The number of carbonyl (C=O) groups excluding carboxylic acids is 3. The van der Waals surface area contributed by atoms with Gasteiger partial charge >= 0.3 is 6.03 Å². The number of carbonyl (C=O) groups is 3. The number of hydrogen-bond donors (Lipinski definition) is 1. The third-order valence-corrected chi connectivity index (χ3v) is 5.67. The lowest BCUT2D eigenvalue weighted by atomic mass is 9.92. The predicted octanol–water partition coefficient (Wildman–Crippen LogP) is 2.58. The minimum Gasteiger partial charge on any atom is -0.277 e. The summed E-state index contributed by atoms with van der Waals surface area (Å²) in [7, 11) is 0. The predicted molar refractivity (Wildman–Crippen MR) is 92.4 cm³/mol. The van der Waals surface area contributed by atoms with Gasteiger partial charge in [-0.1, -0.05) is 24.1 Å². The summed E-state index contributed by atoms with van der Waals surface area (Å²) < 4.78 is 0. The lowest BCUT2D eigenvalue weighted by Gasteiger charge is -2.36. The van der Waals surface area contributed by atoms with E-state index < -0.39 is 23.8 Å². The highest BCUT2D eigenvalue weighted by atomic mass is 16.2. The number of benzene rings is 1. The Hall–Kier alpha value is -2.50. The number of hydrogen-bond acceptors (Lipinski definition) is 4. The molecule has 1 aromatic carbocycles. The molecule has 2 saturated carbocycles. The molecule has 0 unspecified atom stereocenters. The fourth-order valence-corrected chi connectivity index (χ4v) is 4.37. The third kappa shape index (κ3) is 2.86. The molecule has 4 amide bonds. The standard InChI is InChI=1S/C19H21N3O3/c1-11-2-6-14(7-3-11)20-10-15-17(23)21-19(25)22(18(15)24)16-9-12-4-5-13(16)8-12/h2-3,6-7,10,12-13,15-16H,4-5,8-9H2,1H3,(H,21,23,25)/t12-,13-,15+,16+/m0/s1. The molecule has 4 rings (SSSR count). The molecule has 1 N–H and O–H groups in total. The summed E-state index contributed by atoms with van der Waals surface area (Å²) in [4.78, 5) is 42.8. The molecule has 0 spiro atoms. The van der Waals surface area contributed by atoms with Gasteiger partial charge in [0.25, 0.3) is 0 Å². The van der Waals surface area contributed by atoms with E-state index in [4.69, 9.17) is 0 Å². The molecule has 2 bridgehead atoms. The van der Waals surface area contributed by atoms with E-state index in [-0.39, 0.29) is 6.04 Å². The van der Waals surface area contributed by atoms with E-state index in [2.05, 4.69) is 10.3 Å². The SMILES string of the molecule is Cc1ccc(N=C[C@@H]2C(=O)NC(=O)N([C@@H]3C[C@H]4CC[C@H]3C4)C2=O)cc1. The number of aryl methyl sites for hydroxylation is 1. The highest BCUT2D eigenvalue weighted by molar-refractivity contribution is 6.23. The van der Waals surface area contributed by atoms with Crippen LogP contribution < -0.4 is 5.32 Å². The van der Waals surface area contributed by atoms with Crippen molar-refractivity contribution in [1.29, 1.82) is 0 Å². The number of imide groups is 2. The number of amides is 4. The molecule has 3 aliphatic rings. The average Bonchev–Trinajstić information content (AvgIpc) is 3.19. The van der Waals surface area contributed by atoms with Gasteiger partial charge in [-0.15, -0.1) is 0 Å². The van der Waals surface area contributed by atoms with Crippen molar-refractivity contribution in [3.8, 4) is 0 Å². The summed E-state index contributed by atoms with van der Waals surface area (Å²) in [5.74, 6) is -1.10. The van der Waals surface area contributed by atoms with Crippen LogP contribution >= 0.6 is 0 Å². The van der Waals surface area contributed by atoms with Crippen LogP contribution in [0.1, 0.15) is 31.2 Å². The highest BCUT2D eigenvalue weighted by Gasteiger charge is 2.50. The quantitative estimate of drug-likeness (QED) is 0.679. The van der Waals surface area contributed by atoms with Crippen LogP contribution in [0.4, 0.5) is 10.5 Å². The Morgan fingerprint density at radius 3 is 2.52 bits per heavy atom. The van der Waals surface area contributed by atoms with Gasteiger partial charge in [0.1, 0.15) is 0 Å². The molecule has 1 aliphatic heterocycles. The first-order valence-electron chi connectivity index (χ1n) is 8.81. The van der Waals surface area contributed by atoms with Crippen molar-refractivity contribution in [1.82, 2.24) is 10.2 Å². The van der Waals surface area contributed by atoms with Gasteiger partial charge in [0, 0.05) is 12.3 Å². The fourth-order valence-electron chi connectivity index (χ4n) is 4.37. The van der Waals surface area contributed by atoms with Crippen LogP contribution in [0.5, 0.6) is 0 Å². The monoisotopic (exact) mass is 339 g/mol. The van der Waals surface area contributed by atoms with Gasteiger partial charge in [0.2, 0.25) is 11.8 Å². The molecule has 4 atom stereocenters. The summed E-state index contributed by atoms with van der Waals surface area (Å²) in [6, 6.07) is 6.84. The molecule has 0 aromatic heterocycles. The number of aliphatic imine (C=N–C) groups is 1. The van der Waals surface area contributed by atoms with Gasteiger partial charge in [-0.2, -0.15) is 0 Å². The Morgan fingerprint density at radius 2 is 1.88 bits per heavy atom. The van der Waals surface area contributed by atoms with E-state index in [0.29, 0.717) is 17.5 Å². The molecule has 1 aromatic rings. The number of nitrogens with zero attached hydrogens (tertiary/aromatic N) is 2. The second-order valence-corrected chi connectivity index (χ2v) is 7.34. The van der Waals surface area contributed by atoms with Gasteiger partial charge in [-0.3, -0.25) is 24.8 Å². The lowest BCUT2D eigenvalue weighted by molar-refractivity contribution is -0.141. The van der Waals surface area contributed by atoms with E-state index in [0.717, 1.165) is 24.8 Å². The van der Waals surface area contributed by atoms with Crippen molar-refractivity contribution in [2.45, 2.75) is 38.6 Å². The van der Waals surface area contributed by atoms with Crippen LogP contribution in [-0.4, -0.2) is 35.0 Å².